The second-order valence-electron chi connectivity index (χ2n) is 4.52. The van der Waals surface area contributed by atoms with Crippen LogP contribution in [0.3, 0.4) is 0 Å². The Morgan fingerprint density at radius 3 is 3.06 bits per heavy atom. The Morgan fingerprint density at radius 1 is 1.59 bits per heavy atom. The van der Waals surface area contributed by atoms with E-state index >= 15 is 0 Å². The predicted octanol–water partition coefficient (Wildman–Crippen LogP) is 1.92. The first-order valence-corrected chi connectivity index (χ1v) is 5.86. The largest absolute Gasteiger partial charge is 0.379 e. The molecule has 2 N–H and O–H groups in total. The van der Waals surface area contributed by atoms with Gasteiger partial charge in [0.1, 0.15) is 5.69 Å². The summed E-state index contributed by atoms with van der Waals surface area (Å²) in [5, 5.41) is 17.4. The van der Waals surface area contributed by atoms with E-state index in [9.17, 15) is 10.1 Å². The molecular formula is C12H17N3O2. The zero-order valence-electron chi connectivity index (χ0n) is 9.90. The summed E-state index contributed by atoms with van der Waals surface area (Å²) in [6.45, 7) is 4.68. The molecule has 5 nitrogen and oxygen atoms in total. The molecule has 0 aliphatic carbocycles. The van der Waals surface area contributed by atoms with Crippen molar-refractivity contribution in [2.24, 2.45) is 5.92 Å². The smallest absolute Gasteiger partial charge is 0.292 e. The van der Waals surface area contributed by atoms with E-state index in [1.807, 2.05) is 13.0 Å². The van der Waals surface area contributed by atoms with Crippen LogP contribution in [0.4, 0.5) is 11.4 Å². The topological polar surface area (TPSA) is 67.2 Å². The third kappa shape index (κ3) is 2.94. The van der Waals surface area contributed by atoms with Crippen molar-refractivity contribution in [1.82, 2.24) is 5.32 Å². The lowest BCUT2D eigenvalue weighted by Gasteiger charge is -2.11. The van der Waals surface area contributed by atoms with Gasteiger partial charge in [0.2, 0.25) is 0 Å². The number of hydrogen-bond donors (Lipinski definition) is 2. The van der Waals surface area contributed by atoms with Gasteiger partial charge < -0.3 is 10.6 Å². The average Bonchev–Trinajstić information content (AvgIpc) is 2.80. The van der Waals surface area contributed by atoms with Gasteiger partial charge in [-0.3, -0.25) is 10.1 Å². The summed E-state index contributed by atoms with van der Waals surface area (Å²) in [7, 11) is 0. The fourth-order valence-electron chi connectivity index (χ4n) is 2.09. The van der Waals surface area contributed by atoms with E-state index in [0.29, 0.717) is 11.6 Å². The van der Waals surface area contributed by atoms with Gasteiger partial charge in [-0.2, -0.15) is 0 Å². The molecule has 92 valence electrons. The zero-order chi connectivity index (χ0) is 12.3. The van der Waals surface area contributed by atoms with E-state index < -0.39 is 0 Å². The standard InChI is InChI=1S/C12H17N3O2/c1-9-2-3-11(12(6-9)15(16)17)14-8-10-4-5-13-7-10/h2-3,6,10,13-14H,4-5,7-8H2,1H3. The van der Waals surface area contributed by atoms with Crippen molar-refractivity contribution in [3.63, 3.8) is 0 Å². The average molecular weight is 235 g/mol. The van der Waals surface area contributed by atoms with Crippen molar-refractivity contribution in [2.45, 2.75) is 13.3 Å². The van der Waals surface area contributed by atoms with Crippen molar-refractivity contribution in [2.75, 3.05) is 25.0 Å². The number of nitro benzene ring substituents is 1. The summed E-state index contributed by atoms with van der Waals surface area (Å²) in [4.78, 5) is 10.6. The monoisotopic (exact) mass is 235 g/mol. The van der Waals surface area contributed by atoms with Crippen LogP contribution < -0.4 is 10.6 Å². The maximum Gasteiger partial charge on any atom is 0.292 e. The fraction of sp³-hybridized carbons (Fsp3) is 0.500. The minimum absolute atomic E-state index is 0.163. The molecule has 5 heteroatoms. The number of aryl methyl sites for hydroxylation is 1. The Hall–Kier alpha value is -1.62. The molecule has 1 aromatic rings. The first-order valence-electron chi connectivity index (χ1n) is 5.86. The number of nitro groups is 1. The Bertz CT molecular complexity index is 414. The molecule has 0 aromatic heterocycles. The van der Waals surface area contributed by atoms with Gasteiger partial charge in [0.25, 0.3) is 5.69 Å². The first kappa shape index (κ1) is 11.9. The number of hydrogen-bond acceptors (Lipinski definition) is 4. The van der Waals surface area contributed by atoms with Crippen LogP contribution in [-0.4, -0.2) is 24.6 Å². The van der Waals surface area contributed by atoms with Gasteiger partial charge in [0.15, 0.2) is 0 Å². The highest BCUT2D eigenvalue weighted by Crippen LogP contribution is 2.25. The highest BCUT2D eigenvalue weighted by Gasteiger charge is 2.17. The van der Waals surface area contributed by atoms with Crippen molar-refractivity contribution < 1.29 is 4.92 Å². The van der Waals surface area contributed by atoms with Crippen LogP contribution in [0.1, 0.15) is 12.0 Å². The highest BCUT2D eigenvalue weighted by atomic mass is 16.6. The highest BCUT2D eigenvalue weighted by molar-refractivity contribution is 5.62. The van der Waals surface area contributed by atoms with E-state index in [-0.39, 0.29) is 10.6 Å². The molecule has 0 bridgehead atoms. The predicted molar refractivity (Wildman–Crippen MR) is 67.3 cm³/mol. The van der Waals surface area contributed by atoms with Crippen molar-refractivity contribution >= 4 is 11.4 Å². The van der Waals surface area contributed by atoms with Crippen molar-refractivity contribution in [3.05, 3.63) is 33.9 Å². The second kappa shape index (κ2) is 5.14. The Balaban J connectivity index is 2.06. The summed E-state index contributed by atoms with van der Waals surface area (Å²) in [5.41, 5.74) is 1.69. The Labute approximate surface area is 100 Å². The number of nitrogens with zero attached hydrogens (tertiary/aromatic N) is 1. The lowest BCUT2D eigenvalue weighted by molar-refractivity contribution is -0.384. The molecule has 1 atom stereocenters. The van der Waals surface area contributed by atoms with Crippen molar-refractivity contribution in [3.8, 4) is 0 Å². The summed E-state index contributed by atoms with van der Waals surface area (Å²) >= 11 is 0. The summed E-state index contributed by atoms with van der Waals surface area (Å²) in [6.07, 6.45) is 1.13. The molecule has 0 saturated carbocycles. The van der Waals surface area contributed by atoms with Crippen LogP contribution in [0.25, 0.3) is 0 Å². The van der Waals surface area contributed by atoms with Crippen LogP contribution in [0.2, 0.25) is 0 Å². The first-order chi connectivity index (χ1) is 8.16. The van der Waals surface area contributed by atoms with E-state index in [4.69, 9.17) is 0 Å². The van der Waals surface area contributed by atoms with Gasteiger partial charge in [0, 0.05) is 12.6 Å². The number of rotatable bonds is 4. The lowest BCUT2D eigenvalue weighted by Crippen LogP contribution is -2.17. The number of nitrogens with one attached hydrogen (secondary N) is 2. The maximum absolute atomic E-state index is 10.9. The van der Waals surface area contributed by atoms with E-state index in [2.05, 4.69) is 10.6 Å². The quantitative estimate of drug-likeness (QED) is 0.618. The van der Waals surface area contributed by atoms with Gasteiger partial charge in [-0.05, 0) is 44.0 Å². The van der Waals surface area contributed by atoms with Gasteiger partial charge in [0.05, 0.1) is 4.92 Å². The van der Waals surface area contributed by atoms with E-state index in [1.165, 1.54) is 0 Å². The molecule has 2 rings (SSSR count). The van der Waals surface area contributed by atoms with Crippen molar-refractivity contribution in [1.29, 1.82) is 0 Å². The SMILES string of the molecule is Cc1ccc(NCC2CCNC2)c([N+](=O)[O-])c1. The molecule has 1 aliphatic heterocycles. The molecule has 1 aliphatic rings. The lowest BCUT2D eigenvalue weighted by atomic mass is 10.1. The summed E-state index contributed by atoms with van der Waals surface area (Å²) in [6, 6.07) is 5.29. The molecule has 0 spiro atoms. The molecule has 1 aromatic carbocycles. The molecule has 0 amide bonds. The third-order valence-electron chi connectivity index (χ3n) is 3.09. The van der Waals surface area contributed by atoms with Gasteiger partial charge >= 0.3 is 0 Å². The molecule has 17 heavy (non-hydrogen) atoms. The number of benzene rings is 1. The van der Waals surface area contributed by atoms with E-state index in [1.54, 1.807) is 12.1 Å². The molecular weight excluding hydrogens is 218 g/mol. The molecule has 0 radical (unpaired) electrons. The van der Waals surface area contributed by atoms with Gasteiger partial charge in [-0.25, -0.2) is 0 Å². The fourth-order valence-corrected chi connectivity index (χ4v) is 2.09. The Morgan fingerprint density at radius 2 is 2.41 bits per heavy atom. The maximum atomic E-state index is 10.9. The van der Waals surface area contributed by atoms with E-state index in [0.717, 1.165) is 31.6 Å². The van der Waals surface area contributed by atoms with Crippen LogP contribution in [0.5, 0.6) is 0 Å². The second-order valence-corrected chi connectivity index (χ2v) is 4.52. The number of anilines is 1. The molecule has 1 saturated heterocycles. The summed E-state index contributed by atoms with van der Waals surface area (Å²) in [5.74, 6) is 0.566. The molecule has 1 fully saturated rings. The van der Waals surface area contributed by atoms with Crippen LogP contribution in [-0.2, 0) is 0 Å². The minimum Gasteiger partial charge on any atom is -0.379 e. The van der Waals surface area contributed by atoms with Gasteiger partial charge in [-0.15, -0.1) is 0 Å². The van der Waals surface area contributed by atoms with Crippen LogP contribution >= 0.6 is 0 Å². The summed E-state index contributed by atoms with van der Waals surface area (Å²) < 4.78 is 0. The molecule has 1 unspecified atom stereocenters. The Kier molecular flexibility index (Phi) is 3.58. The van der Waals surface area contributed by atoms with Gasteiger partial charge in [-0.1, -0.05) is 6.07 Å². The molecule has 1 heterocycles. The third-order valence-corrected chi connectivity index (χ3v) is 3.09. The normalized spacial score (nSPS) is 19.2. The van der Waals surface area contributed by atoms with Crippen LogP contribution in [0, 0.1) is 23.0 Å². The minimum atomic E-state index is -0.331. The van der Waals surface area contributed by atoms with Crippen LogP contribution in [0.15, 0.2) is 18.2 Å². The zero-order valence-corrected chi connectivity index (χ0v) is 9.90.